The normalized spacial score (nSPS) is 29.7. The highest BCUT2D eigenvalue weighted by Gasteiger charge is 2.32. The van der Waals surface area contributed by atoms with Crippen LogP contribution < -0.4 is 0 Å². The molecule has 0 unspecified atom stereocenters. The van der Waals surface area contributed by atoms with Crippen molar-refractivity contribution in [3.63, 3.8) is 0 Å². The molecule has 1 aliphatic heterocycles. The van der Waals surface area contributed by atoms with Crippen LogP contribution in [0, 0.1) is 5.92 Å². The number of esters is 1. The van der Waals surface area contributed by atoms with Crippen LogP contribution in [0.3, 0.4) is 0 Å². The van der Waals surface area contributed by atoms with E-state index < -0.39 is 0 Å². The second kappa shape index (κ2) is 4.84. The van der Waals surface area contributed by atoms with Gasteiger partial charge in [0.1, 0.15) is 6.10 Å². The number of carbonyl (C=O) groups is 1. The molecule has 1 rings (SSSR count). The van der Waals surface area contributed by atoms with Gasteiger partial charge in [0.2, 0.25) is 0 Å². The third kappa shape index (κ3) is 2.47. The van der Waals surface area contributed by atoms with Crippen LogP contribution in [-0.4, -0.2) is 16.5 Å². The first kappa shape index (κ1) is 10.0. The van der Waals surface area contributed by atoms with E-state index in [2.05, 4.69) is 22.6 Å². The van der Waals surface area contributed by atoms with E-state index in [-0.39, 0.29) is 18.0 Å². The lowest BCUT2D eigenvalue weighted by atomic mass is 10.0. The minimum atomic E-state index is -0.0187. The summed E-state index contributed by atoms with van der Waals surface area (Å²) in [4.78, 5) is 11.2. The summed E-state index contributed by atoms with van der Waals surface area (Å²) >= 11 is 2.25. The van der Waals surface area contributed by atoms with E-state index in [1.807, 2.05) is 19.1 Å². The maximum atomic E-state index is 11.2. The average Bonchev–Trinajstić information content (AvgIpc) is 2.43. The molecule has 2 atom stereocenters. The van der Waals surface area contributed by atoms with Gasteiger partial charge in [0.05, 0.1) is 5.92 Å². The molecule has 0 amide bonds. The van der Waals surface area contributed by atoms with Gasteiger partial charge in [-0.1, -0.05) is 34.7 Å². The largest absolute Gasteiger partial charge is 0.461 e. The Kier molecular flexibility index (Phi) is 4.05. The molecule has 0 aliphatic carbocycles. The second-order valence-electron chi connectivity index (χ2n) is 2.95. The number of hydrogen-bond donors (Lipinski definition) is 0. The van der Waals surface area contributed by atoms with E-state index in [4.69, 9.17) is 4.74 Å². The first-order valence-corrected chi connectivity index (χ1v) is 5.68. The van der Waals surface area contributed by atoms with Crippen molar-refractivity contribution in [3.05, 3.63) is 12.2 Å². The molecule has 0 radical (unpaired) electrons. The zero-order chi connectivity index (χ0) is 8.97. The van der Waals surface area contributed by atoms with Gasteiger partial charge in [-0.25, -0.2) is 0 Å². The lowest BCUT2D eigenvalue weighted by Gasteiger charge is -2.00. The zero-order valence-electron chi connectivity index (χ0n) is 7.13. The van der Waals surface area contributed by atoms with Gasteiger partial charge >= 0.3 is 5.97 Å². The summed E-state index contributed by atoms with van der Waals surface area (Å²) in [6.07, 6.45) is 5.90. The van der Waals surface area contributed by atoms with Crippen molar-refractivity contribution in [2.45, 2.75) is 25.9 Å². The Balaban J connectivity index is 2.41. The number of allylic oxidation sites excluding steroid dienone is 2. The third-order valence-electron chi connectivity index (χ3n) is 1.99. The predicted molar refractivity (Wildman–Crippen MR) is 56.3 cm³/mol. The van der Waals surface area contributed by atoms with Crippen molar-refractivity contribution >= 4 is 28.6 Å². The zero-order valence-corrected chi connectivity index (χ0v) is 9.28. The van der Waals surface area contributed by atoms with E-state index in [1.54, 1.807) is 0 Å². The number of rotatable bonds is 3. The van der Waals surface area contributed by atoms with Crippen molar-refractivity contribution in [1.82, 2.24) is 0 Å². The maximum absolute atomic E-state index is 11.2. The van der Waals surface area contributed by atoms with Crippen molar-refractivity contribution in [2.75, 3.05) is 4.43 Å². The summed E-state index contributed by atoms with van der Waals surface area (Å²) in [5.74, 6) is 0.0933. The Morgan fingerprint density at radius 2 is 2.50 bits per heavy atom. The molecule has 2 nitrogen and oxygen atoms in total. The quantitative estimate of drug-likeness (QED) is 0.343. The second-order valence-corrected chi connectivity index (χ2v) is 3.83. The number of halogens is 1. The van der Waals surface area contributed by atoms with Gasteiger partial charge in [-0.15, -0.1) is 0 Å². The first-order chi connectivity index (χ1) is 5.77. The smallest absolute Gasteiger partial charge is 0.309 e. The lowest BCUT2D eigenvalue weighted by molar-refractivity contribution is -0.143. The van der Waals surface area contributed by atoms with Gasteiger partial charge in [0, 0.05) is 4.43 Å². The number of carbonyl (C=O) groups excluding carboxylic acids is 1. The van der Waals surface area contributed by atoms with Crippen molar-refractivity contribution < 1.29 is 9.53 Å². The van der Waals surface area contributed by atoms with Crippen LogP contribution >= 0.6 is 22.6 Å². The molecule has 1 saturated heterocycles. The molecular weight excluding hydrogens is 267 g/mol. The molecule has 0 saturated carbocycles. The molecule has 0 N–H and O–H groups in total. The molecule has 1 heterocycles. The molecule has 0 bridgehead atoms. The van der Waals surface area contributed by atoms with Crippen LogP contribution in [0.4, 0.5) is 0 Å². The molecule has 0 aromatic carbocycles. The van der Waals surface area contributed by atoms with Crippen molar-refractivity contribution in [3.8, 4) is 0 Å². The van der Waals surface area contributed by atoms with E-state index in [0.717, 1.165) is 17.3 Å². The molecule has 1 fully saturated rings. The van der Waals surface area contributed by atoms with Crippen LogP contribution in [0.15, 0.2) is 12.2 Å². The highest BCUT2D eigenvalue weighted by Crippen LogP contribution is 2.25. The van der Waals surface area contributed by atoms with E-state index in [1.165, 1.54) is 0 Å². The van der Waals surface area contributed by atoms with Crippen molar-refractivity contribution in [1.29, 1.82) is 0 Å². The fraction of sp³-hybridized carbons (Fsp3) is 0.667. The topological polar surface area (TPSA) is 26.3 Å². The number of ether oxygens (including phenoxy) is 1. The molecule has 0 aromatic rings. The molecule has 12 heavy (non-hydrogen) atoms. The number of hydrogen-bond acceptors (Lipinski definition) is 2. The fourth-order valence-electron chi connectivity index (χ4n) is 1.31. The Hall–Kier alpha value is -0.0600. The number of cyclic esters (lactones) is 1. The summed E-state index contributed by atoms with van der Waals surface area (Å²) in [6, 6.07) is 0. The first-order valence-electron chi connectivity index (χ1n) is 4.15. The summed E-state index contributed by atoms with van der Waals surface area (Å²) < 4.78 is 6.05. The van der Waals surface area contributed by atoms with Gasteiger partial charge in [-0.2, -0.15) is 0 Å². The Morgan fingerprint density at radius 3 is 3.00 bits per heavy atom. The molecular formula is C9H13IO2. The minimum Gasteiger partial charge on any atom is -0.461 e. The predicted octanol–water partition coefficient (Wildman–Crippen LogP) is 2.32. The highest BCUT2D eigenvalue weighted by molar-refractivity contribution is 14.1. The molecule has 0 aromatic heterocycles. The van der Waals surface area contributed by atoms with Crippen LogP contribution in [0.2, 0.25) is 0 Å². The van der Waals surface area contributed by atoms with Gasteiger partial charge in [0.15, 0.2) is 0 Å². The average molecular weight is 280 g/mol. The van der Waals surface area contributed by atoms with Crippen LogP contribution in [0.1, 0.15) is 19.8 Å². The number of alkyl halides is 1. The minimum absolute atomic E-state index is 0.0187. The summed E-state index contributed by atoms with van der Waals surface area (Å²) in [6.45, 7) is 1.97. The monoisotopic (exact) mass is 280 g/mol. The fourth-order valence-corrected chi connectivity index (χ4v) is 1.85. The Morgan fingerprint density at radius 1 is 1.75 bits per heavy atom. The lowest BCUT2D eigenvalue weighted by Crippen LogP contribution is -2.07. The third-order valence-corrected chi connectivity index (χ3v) is 2.97. The summed E-state index contributed by atoms with van der Waals surface area (Å²) in [7, 11) is 0. The molecule has 68 valence electrons. The van der Waals surface area contributed by atoms with Crippen LogP contribution in [0.25, 0.3) is 0 Å². The van der Waals surface area contributed by atoms with Gasteiger partial charge in [0.25, 0.3) is 0 Å². The van der Waals surface area contributed by atoms with E-state index >= 15 is 0 Å². The Labute approximate surface area is 86.5 Å². The van der Waals surface area contributed by atoms with E-state index in [0.29, 0.717) is 0 Å². The van der Waals surface area contributed by atoms with Crippen LogP contribution in [-0.2, 0) is 9.53 Å². The standard InChI is InChI=1S/C9H13IO2/c1-2-3-4-7-5-8(6-10)12-9(7)11/h2-3,7-8H,4-6H2,1H3/b3-2+/t7-,8-/m1/s1. The summed E-state index contributed by atoms with van der Waals surface area (Å²) in [5, 5.41) is 0. The van der Waals surface area contributed by atoms with Crippen molar-refractivity contribution in [2.24, 2.45) is 5.92 Å². The van der Waals surface area contributed by atoms with Gasteiger partial charge < -0.3 is 4.74 Å². The maximum Gasteiger partial charge on any atom is 0.309 e. The molecule has 3 heteroatoms. The van der Waals surface area contributed by atoms with Gasteiger partial charge in [-0.3, -0.25) is 4.79 Å². The Bertz CT molecular complexity index is 189. The molecule has 0 spiro atoms. The van der Waals surface area contributed by atoms with Gasteiger partial charge in [-0.05, 0) is 19.8 Å². The highest BCUT2D eigenvalue weighted by atomic mass is 127. The van der Waals surface area contributed by atoms with E-state index in [9.17, 15) is 4.79 Å². The summed E-state index contributed by atoms with van der Waals surface area (Å²) in [5.41, 5.74) is 0. The molecule has 1 aliphatic rings. The van der Waals surface area contributed by atoms with Crippen LogP contribution in [0.5, 0.6) is 0 Å². The SMILES string of the molecule is C/C=C/C[C@@H]1C[C@H](CI)OC1=O.